The molecule has 6 nitrogen and oxygen atoms in total. The molecule has 8 heteroatoms. The van der Waals surface area contributed by atoms with Crippen LogP contribution in [0.2, 0.25) is 5.02 Å². The summed E-state index contributed by atoms with van der Waals surface area (Å²) in [4.78, 5) is 25.9. The first kappa shape index (κ1) is 19.1. The summed E-state index contributed by atoms with van der Waals surface area (Å²) in [6.07, 6.45) is 1.64. The summed E-state index contributed by atoms with van der Waals surface area (Å²) in [5, 5.41) is 7.99. The Morgan fingerprint density at radius 2 is 1.89 bits per heavy atom. The van der Waals surface area contributed by atoms with Crippen LogP contribution in [-0.2, 0) is 16.1 Å². The largest absolute Gasteiger partial charge is 0.377 e. The van der Waals surface area contributed by atoms with Gasteiger partial charge in [-0.3, -0.25) is 14.5 Å². The number of imide groups is 1. The SMILES string of the molecule is NC(=N/N=C\c1ccc(Cl)cc1)S[C@@H]1CC(=O)N(Cc2ccccc2)C1=O. The Balaban J connectivity index is 1.59. The van der Waals surface area contributed by atoms with Crippen LogP contribution in [0.5, 0.6) is 0 Å². The first-order valence-electron chi connectivity index (χ1n) is 8.20. The highest BCUT2D eigenvalue weighted by atomic mass is 35.5. The summed E-state index contributed by atoms with van der Waals surface area (Å²) >= 11 is 6.87. The predicted octanol–water partition coefficient (Wildman–Crippen LogP) is 3.05. The van der Waals surface area contributed by atoms with E-state index in [4.69, 9.17) is 17.3 Å². The Labute approximate surface area is 166 Å². The molecule has 0 spiro atoms. The van der Waals surface area contributed by atoms with Crippen LogP contribution in [0.1, 0.15) is 17.5 Å². The van der Waals surface area contributed by atoms with E-state index in [0.717, 1.165) is 22.9 Å². The van der Waals surface area contributed by atoms with E-state index in [2.05, 4.69) is 10.2 Å². The van der Waals surface area contributed by atoms with E-state index in [1.807, 2.05) is 30.3 Å². The third kappa shape index (κ3) is 5.18. The zero-order chi connectivity index (χ0) is 19.2. The lowest BCUT2D eigenvalue weighted by Gasteiger charge is -2.14. The first-order valence-corrected chi connectivity index (χ1v) is 9.45. The molecule has 27 heavy (non-hydrogen) atoms. The second-order valence-corrected chi connectivity index (χ2v) is 7.51. The lowest BCUT2D eigenvalue weighted by atomic mass is 10.2. The van der Waals surface area contributed by atoms with Crippen LogP contribution < -0.4 is 5.73 Å². The Bertz CT molecular complexity index is 884. The van der Waals surface area contributed by atoms with Gasteiger partial charge in [0.1, 0.15) is 5.25 Å². The van der Waals surface area contributed by atoms with E-state index in [-0.39, 0.29) is 29.9 Å². The van der Waals surface area contributed by atoms with Crippen LogP contribution in [0.3, 0.4) is 0 Å². The third-order valence-electron chi connectivity index (χ3n) is 3.88. The third-order valence-corrected chi connectivity index (χ3v) is 5.11. The van der Waals surface area contributed by atoms with Crippen molar-refractivity contribution in [2.45, 2.75) is 18.2 Å². The number of amidine groups is 1. The van der Waals surface area contributed by atoms with Gasteiger partial charge < -0.3 is 5.73 Å². The molecule has 1 aliphatic rings. The van der Waals surface area contributed by atoms with Crippen molar-refractivity contribution in [3.05, 3.63) is 70.7 Å². The van der Waals surface area contributed by atoms with Crippen molar-refractivity contribution in [3.8, 4) is 0 Å². The number of likely N-dealkylation sites (tertiary alicyclic amines) is 1. The summed E-state index contributed by atoms with van der Waals surface area (Å²) in [5.74, 6) is -0.465. The van der Waals surface area contributed by atoms with Crippen molar-refractivity contribution >= 4 is 46.6 Å². The molecule has 0 unspecified atom stereocenters. The lowest BCUT2D eigenvalue weighted by Crippen LogP contribution is -2.31. The van der Waals surface area contributed by atoms with E-state index in [9.17, 15) is 9.59 Å². The minimum Gasteiger partial charge on any atom is -0.377 e. The van der Waals surface area contributed by atoms with E-state index in [1.54, 1.807) is 24.3 Å². The molecule has 2 amide bonds. The Morgan fingerprint density at radius 3 is 2.59 bits per heavy atom. The molecule has 1 heterocycles. The van der Waals surface area contributed by atoms with E-state index >= 15 is 0 Å². The van der Waals surface area contributed by atoms with Crippen LogP contribution in [0.25, 0.3) is 0 Å². The maximum absolute atomic E-state index is 12.5. The zero-order valence-corrected chi connectivity index (χ0v) is 15.9. The van der Waals surface area contributed by atoms with E-state index in [1.165, 1.54) is 11.1 Å². The molecule has 2 N–H and O–H groups in total. The Kier molecular flexibility index (Phi) is 6.26. The van der Waals surface area contributed by atoms with Crippen molar-refractivity contribution < 1.29 is 9.59 Å². The fourth-order valence-electron chi connectivity index (χ4n) is 2.55. The van der Waals surface area contributed by atoms with Crippen LogP contribution in [0.15, 0.2) is 64.8 Å². The standard InChI is InChI=1S/C19H17ClN4O2S/c20-15-8-6-13(7-9-15)11-22-23-19(21)27-16-10-17(25)24(18(16)26)12-14-4-2-1-3-5-14/h1-9,11,16H,10,12H2,(H2,21,23)/b22-11-/t16-/m1/s1. The molecule has 3 rings (SSSR count). The van der Waals surface area contributed by atoms with Crippen molar-refractivity contribution in [1.82, 2.24) is 4.90 Å². The predicted molar refractivity (Wildman–Crippen MR) is 109 cm³/mol. The molecular weight excluding hydrogens is 384 g/mol. The van der Waals surface area contributed by atoms with Gasteiger partial charge in [0.15, 0.2) is 5.17 Å². The Hall–Kier alpha value is -2.64. The Morgan fingerprint density at radius 1 is 1.19 bits per heavy atom. The van der Waals surface area contributed by atoms with Gasteiger partial charge in [0.2, 0.25) is 11.8 Å². The number of hydrogen-bond donors (Lipinski definition) is 1. The molecule has 0 bridgehead atoms. The smallest absolute Gasteiger partial charge is 0.243 e. The highest BCUT2D eigenvalue weighted by Crippen LogP contribution is 2.26. The van der Waals surface area contributed by atoms with Crippen LogP contribution >= 0.6 is 23.4 Å². The van der Waals surface area contributed by atoms with Crippen LogP contribution in [0.4, 0.5) is 0 Å². The lowest BCUT2D eigenvalue weighted by molar-refractivity contribution is -0.138. The monoisotopic (exact) mass is 400 g/mol. The number of rotatable bonds is 5. The minimum atomic E-state index is -0.573. The number of thioether (sulfide) groups is 1. The molecule has 0 saturated carbocycles. The topological polar surface area (TPSA) is 88.1 Å². The number of nitrogens with zero attached hydrogens (tertiary/aromatic N) is 3. The number of benzene rings is 2. The van der Waals surface area contributed by atoms with Gasteiger partial charge in [-0.2, -0.15) is 5.10 Å². The fraction of sp³-hybridized carbons (Fsp3) is 0.158. The molecule has 1 saturated heterocycles. The normalized spacial score (nSPS) is 17.9. The van der Waals surface area contributed by atoms with Crippen LogP contribution in [-0.4, -0.2) is 33.3 Å². The zero-order valence-electron chi connectivity index (χ0n) is 14.3. The summed E-state index contributed by atoms with van der Waals surface area (Å²) < 4.78 is 0. The quantitative estimate of drug-likeness (QED) is 0.361. The number of nitrogens with two attached hydrogens (primary N) is 1. The van der Waals surface area contributed by atoms with Gasteiger partial charge in [-0.15, -0.1) is 5.10 Å². The summed E-state index contributed by atoms with van der Waals surface area (Å²) in [6, 6.07) is 16.5. The number of halogens is 1. The number of carbonyl (C=O) groups is 2. The molecule has 0 aliphatic carbocycles. The van der Waals surface area contributed by atoms with Crippen LogP contribution in [0, 0.1) is 0 Å². The van der Waals surface area contributed by atoms with Gasteiger partial charge in [-0.05, 0) is 23.3 Å². The molecule has 1 fully saturated rings. The maximum atomic E-state index is 12.5. The van der Waals surface area contributed by atoms with Gasteiger partial charge in [0.05, 0.1) is 12.8 Å². The maximum Gasteiger partial charge on any atom is 0.243 e. The second-order valence-electron chi connectivity index (χ2n) is 5.85. The van der Waals surface area contributed by atoms with Crippen molar-refractivity contribution in [1.29, 1.82) is 0 Å². The summed E-state index contributed by atoms with van der Waals surface area (Å²) in [6.45, 7) is 0.265. The van der Waals surface area contributed by atoms with Gasteiger partial charge in [-0.25, -0.2) is 0 Å². The number of hydrogen-bond acceptors (Lipinski definition) is 5. The molecule has 138 valence electrons. The van der Waals surface area contributed by atoms with Crippen molar-refractivity contribution in [2.75, 3.05) is 0 Å². The fourth-order valence-corrected chi connectivity index (χ4v) is 3.51. The second kappa shape index (κ2) is 8.83. The number of amides is 2. The molecule has 1 atom stereocenters. The van der Waals surface area contributed by atoms with Crippen molar-refractivity contribution in [3.63, 3.8) is 0 Å². The van der Waals surface area contributed by atoms with Gasteiger partial charge in [0, 0.05) is 11.4 Å². The summed E-state index contributed by atoms with van der Waals surface area (Å²) in [7, 11) is 0. The molecule has 0 aromatic heterocycles. The molecule has 2 aromatic carbocycles. The van der Waals surface area contributed by atoms with Gasteiger partial charge >= 0.3 is 0 Å². The number of carbonyl (C=O) groups excluding carboxylic acids is 2. The highest BCUT2D eigenvalue weighted by molar-refractivity contribution is 8.14. The first-order chi connectivity index (χ1) is 13.0. The van der Waals surface area contributed by atoms with Gasteiger partial charge in [0.25, 0.3) is 0 Å². The van der Waals surface area contributed by atoms with Gasteiger partial charge in [-0.1, -0.05) is 65.8 Å². The molecule has 1 aliphatic heterocycles. The molecule has 0 radical (unpaired) electrons. The van der Waals surface area contributed by atoms with Crippen molar-refractivity contribution in [2.24, 2.45) is 15.9 Å². The average molecular weight is 401 g/mol. The molecule has 2 aromatic rings. The minimum absolute atomic E-state index is 0.105. The van der Waals surface area contributed by atoms with E-state index in [0.29, 0.717) is 5.02 Å². The molecular formula is C19H17ClN4O2S. The van der Waals surface area contributed by atoms with E-state index < -0.39 is 5.25 Å². The average Bonchev–Trinajstić information content (AvgIpc) is 2.91. The summed E-state index contributed by atoms with van der Waals surface area (Å²) in [5.41, 5.74) is 7.57. The highest BCUT2D eigenvalue weighted by Gasteiger charge is 2.39.